The van der Waals surface area contributed by atoms with Crippen LogP contribution in [0.15, 0.2) is 73.4 Å². The summed E-state index contributed by atoms with van der Waals surface area (Å²) in [5, 5.41) is 3.09. The second kappa shape index (κ2) is 18.8. The summed E-state index contributed by atoms with van der Waals surface area (Å²) in [5.41, 5.74) is 2.33. The van der Waals surface area contributed by atoms with Crippen LogP contribution in [0.1, 0.15) is 51.4 Å². The fourth-order valence-corrected chi connectivity index (χ4v) is 3.35. The van der Waals surface area contributed by atoms with Gasteiger partial charge in [-0.1, -0.05) is 58.1 Å². The van der Waals surface area contributed by atoms with E-state index in [2.05, 4.69) is 44.8 Å². The van der Waals surface area contributed by atoms with E-state index >= 15 is 0 Å². The first kappa shape index (κ1) is 30.6. The molecular weight excluding hydrogens is 450 g/mol. The van der Waals surface area contributed by atoms with Gasteiger partial charge >= 0.3 is 0 Å². The molecule has 0 atom stereocenters. The van der Waals surface area contributed by atoms with Crippen LogP contribution in [0.3, 0.4) is 0 Å². The molecule has 0 unspecified atom stereocenters. The molecule has 1 fully saturated rings. The summed E-state index contributed by atoms with van der Waals surface area (Å²) in [6.07, 6.45) is 15.7. The number of rotatable bonds is 8. The lowest BCUT2D eigenvalue weighted by molar-refractivity contribution is 0.0643. The Balaban J connectivity index is 0.000000826. The van der Waals surface area contributed by atoms with Gasteiger partial charge in [-0.15, -0.1) is 0 Å². The van der Waals surface area contributed by atoms with E-state index in [-0.39, 0.29) is 5.91 Å². The number of anilines is 1. The predicted molar refractivity (Wildman–Crippen MR) is 151 cm³/mol. The van der Waals surface area contributed by atoms with Crippen molar-refractivity contribution in [1.29, 1.82) is 0 Å². The van der Waals surface area contributed by atoms with E-state index in [1.165, 1.54) is 0 Å². The summed E-state index contributed by atoms with van der Waals surface area (Å²) in [7, 11) is 1.62. The highest BCUT2D eigenvalue weighted by Crippen LogP contribution is 2.20. The Hall–Kier alpha value is -3.45. The number of methoxy groups -OCH3 is 1. The third-order valence-electron chi connectivity index (χ3n) is 5.25. The smallest absolute Gasteiger partial charge is 0.253 e. The first-order valence-electron chi connectivity index (χ1n) is 12.8. The molecule has 1 N–H and O–H groups in total. The number of carbonyl (C=O) groups is 1. The minimum atomic E-state index is 0.0825. The van der Waals surface area contributed by atoms with Gasteiger partial charge in [-0.25, -0.2) is 4.98 Å². The third kappa shape index (κ3) is 10.9. The molecule has 7 heteroatoms. The average molecular weight is 494 g/mol. The van der Waals surface area contributed by atoms with Crippen molar-refractivity contribution >= 4 is 11.7 Å². The van der Waals surface area contributed by atoms with Gasteiger partial charge in [0.25, 0.3) is 5.91 Å². The lowest BCUT2D eigenvalue weighted by Gasteiger charge is -2.34. The number of hydrogen-bond donors (Lipinski definition) is 1. The molecule has 1 aromatic heterocycles. The van der Waals surface area contributed by atoms with Crippen molar-refractivity contribution in [3.63, 3.8) is 0 Å². The van der Waals surface area contributed by atoms with Crippen molar-refractivity contribution in [2.24, 2.45) is 0 Å². The van der Waals surface area contributed by atoms with Crippen LogP contribution in [-0.4, -0.2) is 65.5 Å². The Labute approximate surface area is 217 Å². The monoisotopic (exact) mass is 493 g/mol. The standard InChI is InChI=1S/C23H29N5O.C4H8O.C2H6/c1-3-5-6-7-11-24-22-18-25-21(17-26-22)19-9-8-10-20(16-19)23(29)28-14-12-27(4-2)13-15-28;1-3-4-5-2;1-2/h5-11,16-18H,3-4,12-15H2,1-2H3,(H,24,26);3-4H,1-2H3;1-2H3/b6-5+,11-7+;4-3+;. The highest BCUT2D eigenvalue weighted by atomic mass is 16.5. The second-order valence-corrected chi connectivity index (χ2v) is 7.64. The van der Waals surface area contributed by atoms with Gasteiger partial charge in [0, 0.05) is 43.5 Å². The fourth-order valence-electron chi connectivity index (χ4n) is 3.35. The van der Waals surface area contributed by atoms with Crippen molar-refractivity contribution in [1.82, 2.24) is 19.8 Å². The topological polar surface area (TPSA) is 70.6 Å². The van der Waals surface area contributed by atoms with Crippen LogP contribution < -0.4 is 5.32 Å². The summed E-state index contributed by atoms with van der Waals surface area (Å²) >= 11 is 0. The van der Waals surface area contributed by atoms with Gasteiger partial charge in [0.2, 0.25) is 0 Å². The fraction of sp³-hybridized carbons (Fsp3) is 0.414. The Morgan fingerprint density at radius 2 is 1.83 bits per heavy atom. The number of nitrogens with one attached hydrogen (secondary N) is 1. The third-order valence-corrected chi connectivity index (χ3v) is 5.25. The molecule has 0 bridgehead atoms. The summed E-state index contributed by atoms with van der Waals surface area (Å²) in [6.45, 7) is 14.6. The van der Waals surface area contributed by atoms with Gasteiger partial charge in [-0.2, -0.15) is 0 Å². The zero-order valence-corrected chi connectivity index (χ0v) is 22.8. The Kier molecular flexibility index (Phi) is 16.0. The molecule has 2 heterocycles. The molecule has 3 rings (SSSR count). The number of likely N-dealkylation sites (N-methyl/N-ethyl adjacent to an activating group) is 1. The number of carbonyl (C=O) groups excluding carboxylic acids is 1. The Bertz CT molecular complexity index is 946. The zero-order valence-electron chi connectivity index (χ0n) is 22.8. The predicted octanol–water partition coefficient (Wildman–Crippen LogP) is 6.01. The normalized spacial score (nSPS) is 13.8. The molecule has 1 aliphatic heterocycles. The minimum Gasteiger partial charge on any atom is -0.505 e. The largest absolute Gasteiger partial charge is 0.505 e. The lowest BCUT2D eigenvalue weighted by atomic mass is 10.1. The van der Waals surface area contributed by atoms with Gasteiger partial charge < -0.3 is 19.9 Å². The maximum Gasteiger partial charge on any atom is 0.253 e. The SMILES string of the molecule is C/C=C/OC.CC.CC/C=C/C=C/Nc1cnc(-c2cccc(C(=O)N3CCN(CC)CC3)c2)cn1. The van der Waals surface area contributed by atoms with Crippen LogP contribution in [0, 0.1) is 0 Å². The van der Waals surface area contributed by atoms with Crippen molar-refractivity contribution < 1.29 is 9.53 Å². The van der Waals surface area contributed by atoms with Crippen molar-refractivity contribution in [2.75, 3.05) is 45.2 Å². The molecule has 1 aliphatic rings. The van der Waals surface area contributed by atoms with Gasteiger partial charge in [-0.05, 0) is 38.1 Å². The van der Waals surface area contributed by atoms with Crippen molar-refractivity contribution in [3.05, 3.63) is 79.0 Å². The summed E-state index contributed by atoms with van der Waals surface area (Å²) in [6, 6.07) is 7.64. The number of allylic oxidation sites excluding steroid dienone is 4. The van der Waals surface area contributed by atoms with Gasteiger partial charge in [-0.3, -0.25) is 9.78 Å². The van der Waals surface area contributed by atoms with E-state index in [0.29, 0.717) is 11.4 Å². The summed E-state index contributed by atoms with van der Waals surface area (Å²) in [5.74, 6) is 0.759. The van der Waals surface area contributed by atoms with E-state index in [4.69, 9.17) is 0 Å². The van der Waals surface area contributed by atoms with E-state index < -0.39 is 0 Å². The van der Waals surface area contributed by atoms with Gasteiger partial charge in [0.05, 0.1) is 31.5 Å². The van der Waals surface area contributed by atoms with E-state index in [9.17, 15) is 4.79 Å². The highest BCUT2D eigenvalue weighted by Gasteiger charge is 2.21. The zero-order chi connectivity index (χ0) is 26.6. The van der Waals surface area contributed by atoms with Crippen LogP contribution in [0.2, 0.25) is 0 Å². The second-order valence-electron chi connectivity index (χ2n) is 7.64. The quantitative estimate of drug-likeness (QED) is 0.359. The number of amides is 1. The summed E-state index contributed by atoms with van der Waals surface area (Å²) < 4.78 is 4.51. The lowest BCUT2D eigenvalue weighted by Crippen LogP contribution is -2.48. The number of hydrogen-bond acceptors (Lipinski definition) is 6. The maximum absolute atomic E-state index is 12.9. The Morgan fingerprint density at radius 1 is 1.08 bits per heavy atom. The molecule has 1 amide bonds. The van der Waals surface area contributed by atoms with Gasteiger partial charge in [0.1, 0.15) is 5.82 Å². The van der Waals surface area contributed by atoms with Crippen LogP contribution in [0.25, 0.3) is 11.3 Å². The molecule has 1 aromatic carbocycles. The highest BCUT2D eigenvalue weighted by molar-refractivity contribution is 5.95. The molecular formula is C29H43N5O2. The molecule has 0 saturated carbocycles. The van der Waals surface area contributed by atoms with Crippen LogP contribution in [-0.2, 0) is 4.74 Å². The number of aromatic nitrogens is 2. The first-order valence-corrected chi connectivity index (χ1v) is 12.8. The van der Waals surface area contributed by atoms with E-state index in [1.54, 1.807) is 25.8 Å². The van der Waals surface area contributed by atoms with Gasteiger partial charge in [0.15, 0.2) is 0 Å². The van der Waals surface area contributed by atoms with Crippen LogP contribution >= 0.6 is 0 Å². The maximum atomic E-state index is 12.9. The molecule has 0 radical (unpaired) electrons. The van der Waals surface area contributed by atoms with E-state index in [1.807, 2.05) is 74.4 Å². The van der Waals surface area contributed by atoms with E-state index in [0.717, 1.165) is 50.4 Å². The molecule has 1 saturated heterocycles. The van der Waals surface area contributed by atoms with Crippen LogP contribution in [0.4, 0.5) is 5.82 Å². The van der Waals surface area contributed by atoms with Crippen molar-refractivity contribution in [2.45, 2.75) is 41.0 Å². The number of benzene rings is 1. The molecule has 0 aliphatic carbocycles. The molecule has 196 valence electrons. The minimum absolute atomic E-state index is 0.0825. The van der Waals surface area contributed by atoms with Crippen molar-refractivity contribution in [3.8, 4) is 11.3 Å². The Morgan fingerprint density at radius 3 is 2.39 bits per heavy atom. The first-order chi connectivity index (χ1) is 17.6. The summed E-state index contributed by atoms with van der Waals surface area (Å²) in [4.78, 5) is 26.1. The average Bonchev–Trinajstić information content (AvgIpc) is 2.95. The van der Waals surface area contributed by atoms with Crippen LogP contribution in [0.5, 0.6) is 0 Å². The molecule has 7 nitrogen and oxygen atoms in total. The molecule has 0 spiro atoms. The number of nitrogens with zero attached hydrogens (tertiary/aromatic N) is 4. The molecule has 2 aromatic rings. The molecule has 36 heavy (non-hydrogen) atoms. The number of ether oxygens (including phenoxy) is 1. The number of piperazine rings is 1.